The average Bonchev–Trinajstić information content (AvgIpc) is 2.79. The first-order valence-corrected chi connectivity index (χ1v) is 9.93. The molecule has 0 bridgehead atoms. The van der Waals surface area contributed by atoms with E-state index in [1.807, 2.05) is 0 Å². The van der Waals surface area contributed by atoms with Crippen LogP contribution in [-0.2, 0) is 6.18 Å². The van der Waals surface area contributed by atoms with E-state index in [0.717, 1.165) is 6.07 Å². The topological polar surface area (TPSA) is 116 Å². The number of rotatable bonds is 7. The standard InChI is InChI=1S/C22H18ClF3N4O4/c1-28-21(32)17-8-12(5-6-29-17)34-18-4-3-11(7-15(18)23)30-16-10-19(33-2)13(20(27)31)9-14(16)22(24,25)26/h3-10,30H,1-2H3,(H2,27,31)(H,28,32). The van der Waals surface area contributed by atoms with E-state index >= 15 is 0 Å². The van der Waals surface area contributed by atoms with Gasteiger partial charge in [-0.3, -0.25) is 14.6 Å². The summed E-state index contributed by atoms with van der Waals surface area (Å²) in [6, 6.07) is 8.80. The number of amides is 2. The van der Waals surface area contributed by atoms with Gasteiger partial charge in [-0.25, -0.2) is 0 Å². The Morgan fingerprint density at radius 1 is 1.09 bits per heavy atom. The Hall–Kier alpha value is -3.99. The molecule has 2 amide bonds. The lowest BCUT2D eigenvalue weighted by atomic mass is 10.1. The molecule has 1 heterocycles. The van der Waals surface area contributed by atoms with Gasteiger partial charge in [-0.1, -0.05) is 11.6 Å². The number of nitrogens with one attached hydrogen (secondary N) is 2. The molecule has 0 saturated carbocycles. The molecule has 0 aliphatic carbocycles. The number of primary amides is 1. The van der Waals surface area contributed by atoms with Crippen molar-refractivity contribution in [2.45, 2.75) is 6.18 Å². The smallest absolute Gasteiger partial charge is 0.418 e. The summed E-state index contributed by atoms with van der Waals surface area (Å²) < 4.78 is 51.5. The molecule has 0 radical (unpaired) electrons. The molecule has 0 fully saturated rings. The quantitative estimate of drug-likeness (QED) is 0.436. The molecule has 34 heavy (non-hydrogen) atoms. The third-order valence-electron chi connectivity index (χ3n) is 4.54. The average molecular weight is 495 g/mol. The van der Waals surface area contributed by atoms with Gasteiger partial charge in [0.25, 0.3) is 11.8 Å². The first-order valence-electron chi connectivity index (χ1n) is 9.55. The molecule has 3 rings (SSSR count). The summed E-state index contributed by atoms with van der Waals surface area (Å²) in [7, 11) is 2.66. The van der Waals surface area contributed by atoms with Crippen molar-refractivity contribution in [2.75, 3.05) is 19.5 Å². The minimum absolute atomic E-state index is 0.0811. The molecule has 0 spiro atoms. The lowest BCUT2D eigenvalue weighted by molar-refractivity contribution is -0.136. The van der Waals surface area contributed by atoms with Crippen molar-refractivity contribution in [2.24, 2.45) is 5.73 Å². The molecule has 0 unspecified atom stereocenters. The minimum atomic E-state index is -4.78. The Labute approximate surface area is 196 Å². The van der Waals surface area contributed by atoms with Gasteiger partial charge in [-0.2, -0.15) is 13.2 Å². The number of carbonyl (C=O) groups is 2. The molecule has 3 aromatic rings. The van der Waals surface area contributed by atoms with Gasteiger partial charge >= 0.3 is 6.18 Å². The summed E-state index contributed by atoms with van der Waals surface area (Å²) >= 11 is 6.26. The lowest BCUT2D eigenvalue weighted by Gasteiger charge is -2.18. The van der Waals surface area contributed by atoms with Crippen molar-refractivity contribution in [3.63, 3.8) is 0 Å². The van der Waals surface area contributed by atoms with E-state index < -0.39 is 29.1 Å². The van der Waals surface area contributed by atoms with Crippen molar-refractivity contribution in [3.05, 3.63) is 70.5 Å². The number of nitrogens with zero attached hydrogens (tertiary/aromatic N) is 1. The van der Waals surface area contributed by atoms with E-state index in [2.05, 4.69) is 15.6 Å². The van der Waals surface area contributed by atoms with Crippen molar-refractivity contribution in [3.8, 4) is 17.2 Å². The van der Waals surface area contributed by atoms with E-state index in [9.17, 15) is 22.8 Å². The molecular formula is C22H18ClF3N4O4. The highest BCUT2D eigenvalue weighted by Gasteiger charge is 2.35. The second-order valence-corrected chi connectivity index (χ2v) is 7.20. The van der Waals surface area contributed by atoms with Gasteiger partial charge in [0, 0.05) is 31.1 Å². The van der Waals surface area contributed by atoms with Crippen molar-refractivity contribution < 1.29 is 32.2 Å². The maximum Gasteiger partial charge on any atom is 0.418 e. The van der Waals surface area contributed by atoms with Crippen LogP contribution in [0.3, 0.4) is 0 Å². The molecule has 2 aromatic carbocycles. The maximum absolute atomic E-state index is 13.6. The molecule has 12 heteroatoms. The van der Waals surface area contributed by atoms with Crippen LogP contribution in [0, 0.1) is 0 Å². The molecule has 1 aromatic heterocycles. The van der Waals surface area contributed by atoms with Crippen molar-refractivity contribution in [1.82, 2.24) is 10.3 Å². The highest BCUT2D eigenvalue weighted by molar-refractivity contribution is 6.32. The Morgan fingerprint density at radius 3 is 2.41 bits per heavy atom. The number of alkyl halides is 3. The summed E-state index contributed by atoms with van der Waals surface area (Å²) in [5, 5.41) is 5.15. The zero-order chi connectivity index (χ0) is 25.0. The second kappa shape index (κ2) is 9.87. The molecule has 0 atom stereocenters. The first-order chi connectivity index (χ1) is 16.0. The second-order valence-electron chi connectivity index (χ2n) is 6.79. The zero-order valence-electron chi connectivity index (χ0n) is 17.8. The number of halogens is 4. The van der Waals surface area contributed by atoms with Crippen LogP contribution in [0.1, 0.15) is 26.4 Å². The predicted octanol–water partition coefficient (Wildman–Crippen LogP) is 4.76. The largest absolute Gasteiger partial charge is 0.496 e. The van der Waals surface area contributed by atoms with E-state index in [4.69, 9.17) is 26.8 Å². The summed E-state index contributed by atoms with van der Waals surface area (Å²) in [4.78, 5) is 27.2. The Balaban J connectivity index is 1.91. The lowest BCUT2D eigenvalue weighted by Crippen LogP contribution is -2.18. The Bertz CT molecular complexity index is 1250. The van der Waals surface area contributed by atoms with Crippen LogP contribution < -0.4 is 25.8 Å². The van der Waals surface area contributed by atoms with Crippen LogP contribution >= 0.6 is 11.6 Å². The third kappa shape index (κ3) is 5.49. The zero-order valence-corrected chi connectivity index (χ0v) is 18.5. The van der Waals surface area contributed by atoms with E-state index in [0.29, 0.717) is 6.07 Å². The third-order valence-corrected chi connectivity index (χ3v) is 4.84. The van der Waals surface area contributed by atoms with Crippen LogP contribution in [0.4, 0.5) is 24.5 Å². The van der Waals surface area contributed by atoms with Gasteiger partial charge in [0.15, 0.2) is 0 Å². The fraction of sp³-hybridized carbons (Fsp3) is 0.136. The van der Waals surface area contributed by atoms with Gasteiger partial charge in [-0.05, 0) is 30.3 Å². The number of methoxy groups -OCH3 is 1. The molecule has 178 valence electrons. The minimum Gasteiger partial charge on any atom is -0.496 e. The molecule has 0 aliphatic rings. The number of nitrogens with two attached hydrogens (primary N) is 1. The van der Waals surface area contributed by atoms with Crippen LogP contribution in [0.2, 0.25) is 5.02 Å². The number of hydrogen-bond acceptors (Lipinski definition) is 6. The number of ether oxygens (including phenoxy) is 2. The summed E-state index contributed by atoms with van der Waals surface area (Å²) in [6.45, 7) is 0. The number of hydrogen-bond donors (Lipinski definition) is 3. The van der Waals surface area contributed by atoms with Crippen LogP contribution in [0.15, 0.2) is 48.7 Å². The first kappa shape index (κ1) is 24.6. The highest BCUT2D eigenvalue weighted by atomic mass is 35.5. The van der Waals surface area contributed by atoms with Crippen LogP contribution in [0.25, 0.3) is 0 Å². The van der Waals surface area contributed by atoms with Gasteiger partial charge in [0.05, 0.1) is 28.9 Å². The normalized spacial score (nSPS) is 11.0. The van der Waals surface area contributed by atoms with Crippen LogP contribution in [-0.4, -0.2) is 31.0 Å². The fourth-order valence-corrected chi connectivity index (χ4v) is 3.17. The van der Waals surface area contributed by atoms with Crippen molar-refractivity contribution in [1.29, 1.82) is 0 Å². The number of pyridine rings is 1. The van der Waals surface area contributed by atoms with Gasteiger partial charge in [0.2, 0.25) is 0 Å². The monoisotopic (exact) mass is 494 g/mol. The molecule has 0 saturated heterocycles. The molecule has 4 N–H and O–H groups in total. The van der Waals surface area contributed by atoms with Gasteiger partial charge < -0.3 is 25.8 Å². The van der Waals surface area contributed by atoms with Gasteiger partial charge in [-0.15, -0.1) is 0 Å². The maximum atomic E-state index is 13.6. The van der Waals surface area contributed by atoms with E-state index in [1.54, 1.807) is 0 Å². The van der Waals surface area contributed by atoms with Crippen molar-refractivity contribution >= 4 is 34.8 Å². The number of aromatic nitrogens is 1. The Morgan fingerprint density at radius 2 is 1.82 bits per heavy atom. The van der Waals surface area contributed by atoms with E-state index in [1.165, 1.54) is 50.7 Å². The molecule has 0 aliphatic heterocycles. The molecule has 8 nitrogen and oxygen atoms in total. The summed E-state index contributed by atoms with van der Waals surface area (Å²) in [5.41, 5.74) is 3.62. The number of carbonyl (C=O) groups excluding carboxylic acids is 2. The SMILES string of the molecule is CNC(=O)c1cc(Oc2ccc(Nc3cc(OC)c(C(N)=O)cc3C(F)(F)F)cc2Cl)ccn1. The van der Waals surface area contributed by atoms with Crippen LogP contribution in [0.5, 0.6) is 17.2 Å². The highest BCUT2D eigenvalue weighted by Crippen LogP contribution is 2.41. The fourth-order valence-electron chi connectivity index (χ4n) is 2.95. The predicted molar refractivity (Wildman–Crippen MR) is 119 cm³/mol. The Kier molecular flexibility index (Phi) is 7.16. The molecular weight excluding hydrogens is 477 g/mol. The van der Waals surface area contributed by atoms with E-state index in [-0.39, 0.29) is 39.3 Å². The summed E-state index contributed by atoms with van der Waals surface area (Å²) in [5.74, 6) is -1.12. The number of benzene rings is 2. The summed E-state index contributed by atoms with van der Waals surface area (Å²) in [6.07, 6.45) is -3.40. The van der Waals surface area contributed by atoms with Gasteiger partial charge in [0.1, 0.15) is 22.9 Å². The number of anilines is 2.